The molecular weight excluding hydrogens is 312 g/mol. The van der Waals surface area contributed by atoms with Gasteiger partial charge in [0.25, 0.3) is 5.91 Å². The second-order valence-electron chi connectivity index (χ2n) is 6.55. The molecule has 2 aliphatic heterocycles. The van der Waals surface area contributed by atoms with E-state index in [1.807, 2.05) is 0 Å². The summed E-state index contributed by atoms with van der Waals surface area (Å²) in [4.78, 5) is 21.0. The Hall–Kier alpha value is -1.18. The van der Waals surface area contributed by atoms with Gasteiger partial charge in [-0.3, -0.25) is 9.69 Å². The molecule has 6 nitrogen and oxygen atoms in total. The molecule has 2 saturated heterocycles. The van der Waals surface area contributed by atoms with Crippen molar-refractivity contribution in [2.45, 2.75) is 31.7 Å². The van der Waals surface area contributed by atoms with Crippen molar-refractivity contribution in [3.63, 3.8) is 0 Å². The van der Waals surface area contributed by atoms with Gasteiger partial charge in [-0.25, -0.2) is 4.98 Å². The summed E-state index contributed by atoms with van der Waals surface area (Å²) in [7, 11) is 1.80. The third-order valence-electron chi connectivity index (χ3n) is 4.94. The number of rotatable bonds is 5. The maximum Gasteiger partial charge on any atom is 0.260 e. The average molecular weight is 338 g/mol. The van der Waals surface area contributed by atoms with Gasteiger partial charge < -0.3 is 15.4 Å². The van der Waals surface area contributed by atoms with E-state index in [4.69, 9.17) is 10.5 Å². The fourth-order valence-corrected chi connectivity index (χ4v) is 4.57. The number of aromatic nitrogens is 1. The average Bonchev–Trinajstić information content (AvgIpc) is 3.06. The number of likely N-dealkylation sites (tertiary alicyclic amines) is 1. The summed E-state index contributed by atoms with van der Waals surface area (Å²) in [6.45, 7) is 5.27. The molecule has 1 unspecified atom stereocenters. The fourth-order valence-electron chi connectivity index (χ4n) is 3.75. The van der Waals surface area contributed by atoms with Crippen LogP contribution in [0.3, 0.4) is 0 Å². The van der Waals surface area contributed by atoms with Crippen molar-refractivity contribution >= 4 is 22.4 Å². The van der Waals surface area contributed by atoms with Crippen LogP contribution in [0.2, 0.25) is 0 Å². The molecule has 0 spiro atoms. The summed E-state index contributed by atoms with van der Waals surface area (Å²) < 4.78 is 5.33. The van der Waals surface area contributed by atoms with Crippen molar-refractivity contribution in [1.82, 2.24) is 9.88 Å². The van der Waals surface area contributed by atoms with Crippen LogP contribution in [-0.4, -0.2) is 61.7 Å². The molecule has 2 fully saturated rings. The zero-order valence-electron chi connectivity index (χ0n) is 13.7. The molecule has 0 aromatic carbocycles. The Labute approximate surface area is 141 Å². The number of amides is 1. The number of nitrogens with two attached hydrogens (primary N) is 1. The maximum absolute atomic E-state index is 11.2. The Bertz CT molecular complexity index is 526. The number of anilines is 1. The quantitative estimate of drug-likeness (QED) is 0.882. The second-order valence-corrected chi connectivity index (χ2v) is 7.56. The first-order chi connectivity index (χ1) is 11.2. The maximum atomic E-state index is 11.2. The first-order valence-corrected chi connectivity index (χ1v) is 9.22. The van der Waals surface area contributed by atoms with Gasteiger partial charge in [-0.05, 0) is 38.1 Å². The first kappa shape index (κ1) is 16.7. The third kappa shape index (κ3) is 4.02. The number of hydrogen-bond donors (Lipinski definition) is 1. The first-order valence-electron chi connectivity index (χ1n) is 8.41. The van der Waals surface area contributed by atoms with E-state index in [1.165, 1.54) is 37.3 Å². The van der Waals surface area contributed by atoms with Crippen LogP contribution in [0.4, 0.5) is 5.13 Å². The molecule has 7 heteroatoms. The summed E-state index contributed by atoms with van der Waals surface area (Å²) in [5.41, 5.74) is 5.31. The second kappa shape index (κ2) is 7.59. The van der Waals surface area contributed by atoms with E-state index in [9.17, 15) is 4.79 Å². The van der Waals surface area contributed by atoms with E-state index in [0.717, 1.165) is 37.7 Å². The van der Waals surface area contributed by atoms with Crippen molar-refractivity contribution < 1.29 is 9.53 Å². The molecule has 1 aromatic rings. The molecule has 0 radical (unpaired) electrons. The van der Waals surface area contributed by atoms with E-state index in [0.29, 0.717) is 16.8 Å². The van der Waals surface area contributed by atoms with Crippen LogP contribution in [0.1, 0.15) is 35.4 Å². The predicted octanol–water partition coefficient (Wildman–Crippen LogP) is 1.57. The molecule has 0 aliphatic carbocycles. The predicted molar refractivity (Wildman–Crippen MR) is 92.0 cm³/mol. The SMILES string of the molecule is COCC1CCCN(C2CCN(c3ncc(C(N)=O)s3)CC2)C1. The van der Waals surface area contributed by atoms with Gasteiger partial charge in [0.05, 0.1) is 12.8 Å². The minimum atomic E-state index is -0.388. The Morgan fingerprint density at radius 3 is 2.83 bits per heavy atom. The molecular formula is C16H26N4O2S. The number of carbonyl (C=O) groups is 1. The molecule has 23 heavy (non-hydrogen) atoms. The lowest BCUT2D eigenvalue weighted by molar-refractivity contribution is 0.0609. The number of methoxy groups -OCH3 is 1. The topological polar surface area (TPSA) is 71.7 Å². The Kier molecular flexibility index (Phi) is 5.50. The highest BCUT2D eigenvalue weighted by Crippen LogP contribution is 2.28. The van der Waals surface area contributed by atoms with Crippen LogP contribution < -0.4 is 10.6 Å². The van der Waals surface area contributed by atoms with Crippen molar-refractivity contribution in [3.8, 4) is 0 Å². The highest BCUT2D eigenvalue weighted by molar-refractivity contribution is 7.17. The lowest BCUT2D eigenvalue weighted by atomic mass is 9.94. The number of primary amides is 1. The molecule has 1 amide bonds. The van der Waals surface area contributed by atoms with Gasteiger partial charge in [-0.2, -0.15) is 0 Å². The highest BCUT2D eigenvalue weighted by Gasteiger charge is 2.29. The van der Waals surface area contributed by atoms with Gasteiger partial charge in [-0.1, -0.05) is 11.3 Å². The monoisotopic (exact) mass is 338 g/mol. The van der Waals surface area contributed by atoms with E-state index < -0.39 is 0 Å². The van der Waals surface area contributed by atoms with Crippen LogP contribution in [0.25, 0.3) is 0 Å². The van der Waals surface area contributed by atoms with Crippen molar-refractivity contribution in [1.29, 1.82) is 0 Å². The van der Waals surface area contributed by atoms with Gasteiger partial charge in [-0.15, -0.1) is 0 Å². The minimum Gasteiger partial charge on any atom is -0.384 e. The normalized spacial score (nSPS) is 24.0. The Morgan fingerprint density at radius 2 is 2.17 bits per heavy atom. The lowest BCUT2D eigenvalue weighted by Gasteiger charge is -2.42. The van der Waals surface area contributed by atoms with E-state index in [1.54, 1.807) is 13.3 Å². The molecule has 0 saturated carbocycles. The number of nitrogens with zero attached hydrogens (tertiary/aromatic N) is 3. The summed E-state index contributed by atoms with van der Waals surface area (Å²) >= 11 is 1.40. The number of piperidine rings is 2. The number of carbonyl (C=O) groups excluding carboxylic acids is 1. The molecule has 1 aromatic heterocycles. The van der Waals surface area contributed by atoms with E-state index in [2.05, 4.69) is 14.8 Å². The summed E-state index contributed by atoms with van der Waals surface area (Å²) in [6, 6.07) is 0.668. The van der Waals surface area contributed by atoms with Gasteiger partial charge in [0, 0.05) is 32.8 Å². The summed E-state index contributed by atoms with van der Waals surface area (Å²) in [5, 5.41) is 0.924. The Balaban J connectivity index is 1.52. The van der Waals surface area contributed by atoms with Crippen LogP contribution >= 0.6 is 11.3 Å². The highest BCUT2D eigenvalue weighted by atomic mass is 32.1. The van der Waals surface area contributed by atoms with Crippen LogP contribution in [0.15, 0.2) is 6.20 Å². The van der Waals surface area contributed by atoms with Crippen molar-refractivity contribution in [3.05, 3.63) is 11.1 Å². The molecule has 3 heterocycles. The Morgan fingerprint density at radius 1 is 1.39 bits per heavy atom. The fraction of sp³-hybridized carbons (Fsp3) is 0.750. The number of thiazole rings is 1. The van der Waals surface area contributed by atoms with Crippen molar-refractivity contribution in [2.24, 2.45) is 11.7 Å². The van der Waals surface area contributed by atoms with Crippen molar-refractivity contribution in [2.75, 3.05) is 44.8 Å². The van der Waals surface area contributed by atoms with Gasteiger partial charge in [0.2, 0.25) is 0 Å². The van der Waals surface area contributed by atoms with Gasteiger partial charge in [0.15, 0.2) is 5.13 Å². The molecule has 3 rings (SSSR count). The summed E-state index contributed by atoms with van der Waals surface area (Å²) in [5.74, 6) is 0.296. The molecule has 0 bridgehead atoms. The summed E-state index contributed by atoms with van der Waals surface area (Å²) in [6.07, 6.45) is 6.48. The smallest absolute Gasteiger partial charge is 0.260 e. The minimum absolute atomic E-state index is 0.388. The third-order valence-corrected chi connectivity index (χ3v) is 6.01. The molecule has 128 valence electrons. The van der Waals surface area contributed by atoms with Gasteiger partial charge in [0.1, 0.15) is 4.88 Å². The van der Waals surface area contributed by atoms with Crippen LogP contribution in [-0.2, 0) is 4.74 Å². The lowest BCUT2D eigenvalue weighted by Crippen LogP contribution is -2.49. The van der Waals surface area contributed by atoms with Crippen LogP contribution in [0.5, 0.6) is 0 Å². The molecule has 1 atom stereocenters. The standard InChI is InChI=1S/C16H26N4O2S/c1-22-11-12-3-2-6-20(10-12)13-4-7-19(8-5-13)16-18-9-14(23-16)15(17)21/h9,12-13H,2-8,10-11H2,1H3,(H2,17,21). The van der Waals surface area contributed by atoms with E-state index in [-0.39, 0.29) is 5.91 Å². The largest absolute Gasteiger partial charge is 0.384 e. The van der Waals surface area contributed by atoms with E-state index >= 15 is 0 Å². The number of hydrogen-bond acceptors (Lipinski definition) is 6. The number of ether oxygens (including phenoxy) is 1. The van der Waals surface area contributed by atoms with Gasteiger partial charge >= 0.3 is 0 Å². The molecule has 2 aliphatic rings. The molecule has 2 N–H and O–H groups in total. The van der Waals surface area contributed by atoms with Crippen LogP contribution in [0, 0.1) is 5.92 Å². The zero-order chi connectivity index (χ0) is 16.2. The zero-order valence-corrected chi connectivity index (χ0v) is 14.6.